The Kier molecular flexibility index (Phi) is 4.53. The minimum atomic E-state index is -1.42. The normalized spacial score (nSPS) is 10.3. The first-order valence-electron chi connectivity index (χ1n) is 5.96. The van der Waals surface area contributed by atoms with E-state index >= 15 is 0 Å². The summed E-state index contributed by atoms with van der Waals surface area (Å²) in [5.74, 6) is 0. The standard InChI is InChI=1S/C14H16BNO2/c17-15(18)14-9-5-4-8-13(14)11-16-10-12-6-2-1-3-7-12/h1-9,16-18H,10-11H2. The lowest BCUT2D eigenvalue weighted by Crippen LogP contribution is -2.34. The first-order chi connectivity index (χ1) is 8.77. The molecule has 4 heteroatoms. The van der Waals surface area contributed by atoms with Crippen LogP contribution in [0, 0.1) is 0 Å². The fourth-order valence-electron chi connectivity index (χ4n) is 1.88. The van der Waals surface area contributed by atoms with Gasteiger partial charge in [0.05, 0.1) is 0 Å². The van der Waals surface area contributed by atoms with Crippen molar-refractivity contribution in [1.82, 2.24) is 5.32 Å². The summed E-state index contributed by atoms with van der Waals surface area (Å²) in [5, 5.41) is 21.8. The molecular formula is C14H16BNO2. The van der Waals surface area contributed by atoms with Gasteiger partial charge in [-0.1, -0.05) is 54.6 Å². The van der Waals surface area contributed by atoms with Gasteiger partial charge in [-0.15, -0.1) is 0 Å². The van der Waals surface area contributed by atoms with Crippen molar-refractivity contribution < 1.29 is 10.0 Å². The highest BCUT2D eigenvalue weighted by Crippen LogP contribution is 2.00. The van der Waals surface area contributed by atoms with Crippen LogP contribution in [0.2, 0.25) is 0 Å². The van der Waals surface area contributed by atoms with Crippen molar-refractivity contribution >= 4 is 12.6 Å². The van der Waals surface area contributed by atoms with Crippen LogP contribution in [-0.2, 0) is 13.1 Å². The predicted octanol–water partition coefficient (Wildman–Crippen LogP) is 0.656. The van der Waals surface area contributed by atoms with Gasteiger partial charge in [-0.2, -0.15) is 0 Å². The van der Waals surface area contributed by atoms with E-state index in [1.54, 1.807) is 12.1 Å². The summed E-state index contributed by atoms with van der Waals surface area (Å²) in [4.78, 5) is 0. The van der Waals surface area contributed by atoms with Gasteiger partial charge in [-0.3, -0.25) is 0 Å². The summed E-state index contributed by atoms with van der Waals surface area (Å²) in [6, 6.07) is 17.4. The average molecular weight is 241 g/mol. The molecule has 0 radical (unpaired) electrons. The minimum Gasteiger partial charge on any atom is -0.423 e. The van der Waals surface area contributed by atoms with Crippen molar-refractivity contribution in [2.75, 3.05) is 0 Å². The molecule has 0 aliphatic heterocycles. The molecule has 3 N–H and O–H groups in total. The zero-order valence-electron chi connectivity index (χ0n) is 10.1. The van der Waals surface area contributed by atoms with Gasteiger partial charge in [0, 0.05) is 13.1 Å². The quantitative estimate of drug-likeness (QED) is 0.674. The molecule has 0 saturated carbocycles. The summed E-state index contributed by atoms with van der Waals surface area (Å²) < 4.78 is 0. The molecule has 0 aliphatic rings. The van der Waals surface area contributed by atoms with Crippen LogP contribution in [0.4, 0.5) is 0 Å². The van der Waals surface area contributed by atoms with Crippen LogP contribution in [0.15, 0.2) is 54.6 Å². The first-order valence-corrected chi connectivity index (χ1v) is 5.96. The molecule has 2 aromatic rings. The summed E-state index contributed by atoms with van der Waals surface area (Å²) in [6.07, 6.45) is 0. The number of benzene rings is 2. The zero-order valence-corrected chi connectivity index (χ0v) is 10.1. The molecule has 2 rings (SSSR count). The lowest BCUT2D eigenvalue weighted by molar-refractivity contribution is 0.425. The van der Waals surface area contributed by atoms with Crippen molar-refractivity contribution in [3.8, 4) is 0 Å². The highest BCUT2D eigenvalue weighted by Gasteiger charge is 2.14. The van der Waals surface area contributed by atoms with Gasteiger partial charge in [0.2, 0.25) is 0 Å². The van der Waals surface area contributed by atoms with Crippen molar-refractivity contribution in [2.45, 2.75) is 13.1 Å². The smallest absolute Gasteiger partial charge is 0.423 e. The maximum atomic E-state index is 9.25. The molecule has 92 valence electrons. The summed E-state index contributed by atoms with van der Waals surface area (Å²) in [5.41, 5.74) is 2.67. The minimum absolute atomic E-state index is 0.554. The van der Waals surface area contributed by atoms with Gasteiger partial charge in [0.25, 0.3) is 0 Å². The Hall–Kier alpha value is -1.62. The molecule has 0 aliphatic carbocycles. The second-order valence-electron chi connectivity index (χ2n) is 4.16. The van der Waals surface area contributed by atoms with E-state index in [2.05, 4.69) is 17.4 Å². The molecule has 0 spiro atoms. The number of rotatable bonds is 5. The van der Waals surface area contributed by atoms with Gasteiger partial charge in [0.15, 0.2) is 0 Å². The highest BCUT2D eigenvalue weighted by atomic mass is 16.4. The summed E-state index contributed by atoms with van der Waals surface area (Å²) in [6.45, 7) is 1.37. The van der Waals surface area contributed by atoms with E-state index in [1.165, 1.54) is 5.56 Å². The van der Waals surface area contributed by atoms with Crippen molar-refractivity contribution in [3.05, 3.63) is 65.7 Å². The molecule has 0 aromatic heterocycles. The second kappa shape index (κ2) is 6.35. The predicted molar refractivity (Wildman–Crippen MR) is 73.3 cm³/mol. The van der Waals surface area contributed by atoms with E-state index in [-0.39, 0.29) is 0 Å². The zero-order chi connectivity index (χ0) is 12.8. The maximum absolute atomic E-state index is 9.25. The third kappa shape index (κ3) is 3.44. The Bertz CT molecular complexity index is 488. The lowest BCUT2D eigenvalue weighted by atomic mass is 9.77. The van der Waals surface area contributed by atoms with Gasteiger partial charge >= 0.3 is 7.12 Å². The Morgan fingerprint density at radius 3 is 2.22 bits per heavy atom. The maximum Gasteiger partial charge on any atom is 0.488 e. The van der Waals surface area contributed by atoms with Gasteiger partial charge in [-0.25, -0.2) is 0 Å². The van der Waals surface area contributed by atoms with Crippen LogP contribution in [0.25, 0.3) is 0 Å². The van der Waals surface area contributed by atoms with E-state index in [9.17, 15) is 10.0 Å². The molecule has 18 heavy (non-hydrogen) atoms. The van der Waals surface area contributed by atoms with Gasteiger partial charge < -0.3 is 15.4 Å². The molecular weight excluding hydrogens is 225 g/mol. The van der Waals surface area contributed by atoms with E-state index < -0.39 is 7.12 Å². The molecule has 0 fully saturated rings. The van der Waals surface area contributed by atoms with E-state index in [4.69, 9.17) is 0 Å². The molecule has 0 amide bonds. The molecule has 0 unspecified atom stereocenters. The number of hydrogen-bond donors (Lipinski definition) is 3. The molecule has 0 heterocycles. The van der Waals surface area contributed by atoms with E-state index in [1.807, 2.05) is 30.3 Å². The number of hydrogen-bond acceptors (Lipinski definition) is 3. The summed E-state index contributed by atoms with van der Waals surface area (Å²) >= 11 is 0. The Labute approximate surface area is 107 Å². The largest absolute Gasteiger partial charge is 0.488 e. The van der Waals surface area contributed by atoms with Crippen molar-refractivity contribution in [2.24, 2.45) is 0 Å². The third-order valence-electron chi connectivity index (χ3n) is 2.82. The van der Waals surface area contributed by atoms with E-state index in [0.717, 1.165) is 12.1 Å². The fraction of sp³-hybridized carbons (Fsp3) is 0.143. The molecule has 2 aromatic carbocycles. The molecule has 3 nitrogen and oxygen atoms in total. The van der Waals surface area contributed by atoms with Crippen molar-refractivity contribution in [1.29, 1.82) is 0 Å². The Morgan fingerprint density at radius 2 is 1.50 bits per heavy atom. The monoisotopic (exact) mass is 241 g/mol. The Balaban J connectivity index is 1.94. The topological polar surface area (TPSA) is 52.5 Å². The highest BCUT2D eigenvalue weighted by molar-refractivity contribution is 6.59. The third-order valence-corrected chi connectivity index (χ3v) is 2.82. The number of nitrogens with one attached hydrogen (secondary N) is 1. The van der Waals surface area contributed by atoms with Crippen LogP contribution in [0.5, 0.6) is 0 Å². The fourth-order valence-corrected chi connectivity index (χ4v) is 1.88. The SMILES string of the molecule is OB(O)c1ccccc1CNCc1ccccc1. The second-order valence-corrected chi connectivity index (χ2v) is 4.16. The summed E-state index contributed by atoms with van der Waals surface area (Å²) in [7, 11) is -1.42. The van der Waals surface area contributed by atoms with E-state index in [0.29, 0.717) is 12.0 Å². The van der Waals surface area contributed by atoms with Crippen LogP contribution in [0.1, 0.15) is 11.1 Å². The first kappa shape index (κ1) is 12.8. The Morgan fingerprint density at radius 1 is 0.833 bits per heavy atom. The van der Waals surface area contributed by atoms with Crippen LogP contribution in [-0.4, -0.2) is 17.2 Å². The van der Waals surface area contributed by atoms with Crippen LogP contribution in [0.3, 0.4) is 0 Å². The molecule has 0 saturated heterocycles. The van der Waals surface area contributed by atoms with Crippen molar-refractivity contribution in [3.63, 3.8) is 0 Å². The average Bonchev–Trinajstić information content (AvgIpc) is 2.40. The molecule has 0 bridgehead atoms. The van der Waals surface area contributed by atoms with Crippen LogP contribution < -0.4 is 10.8 Å². The van der Waals surface area contributed by atoms with Gasteiger partial charge in [0.1, 0.15) is 0 Å². The molecule has 0 atom stereocenters. The van der Waals surface area contributed by atoms with Crippen LogP contribution >= 0.6 is 0 Å². The van der Waals surface area contributed by atoms with Gasteiger partial charge in [-0.05, 0) is 16.6 Å². The lowest BCUT2D eigenvalue weighted by Gasteiger charge is -2.10.